The molecule has 1 aromatic carbocycles. The molecule has 0 bridgehead atoms. The number of anilines is 2. The summed E-state index contributed by atoms with van der Waals surface area (Å²) in [6, 6.07) is 9.93. The van der Waals surface area contributed by atoms with Crippen LogP contribution in [-0.2, 0) is 0 Å². The Hall–Kier alpha value is -1.81. The summed E-state index contributed by atoms with van der Waals surface area (Å²) in [4.78, 5) is 4.07. The predicted molar refractivity (Wildman–Crippen MR) is 61.6 cm³/mol. The molecule has 3 nitrogen and oxygen atoms in total. The van der Waals surface area contributed by atoms with E-state index in [1.54, 1.807) is 11.3 Å². The van der Waals surface area contributed by atoms with Crippen molar-refractivity contribution in [2.24, 2.45) is 0 Å². The maximum Gasteiger partial charge on any atom is 0.181 e. The minimum Gasteiger partial charge on any atom is -0.443 e. The zero-order valence-electron chi connectivity index (χ0n) is 7.81. The Morgan fingerprint density at radius 3 is 3.13 bits per heavy atom. The Kier molecular flexibility index (Phi) is 1.93. The normalized spacial score (nSPS) is 10.7. The third-order valence-corrected chi connectivity index (χ3v) is 2.91. The van der Waals surface area contributed by atoms with Crippen LogP contribution in [0.2, 0.25) is 0 Å². The fourth-order valence-corrected chi connectivity index (χ4v) is 2.06. The Balaban J connectivity index is 1.97. The molecule has 1 N–H and O–H groups in total. The third kappa shape index (κ3) is 1.59. The monoisotopic (exact) mass is 216 g/mol. The second kappa shape index (κ2) is 3.40. The van der Waals surface area contributed by atoms with Gasteiger partial charge in [-0.2, -0.15) is 0 Å². The molecule has 0 amide bonds. The number of nitrogens with zero attached hydrogens (tertiary/aromatic N) is 1. The molecule has 3 aromatic rings. The van der Waals surface area contributed by atoms with Crippen molar-refractivity contribution in [1.29, 1.82) is 0 Å². The van der Waals surface area contributed by atoms with Crippen LogP contribution in [0.3, 0.4) is 0 Å². The van der Waals surface area contributed by atoms with Gasteiger partial charge in [-0.05, 0) is 29.6 Å². The molecule has 0 saturated carbocycles. The molecule has 0 atom stereocenters. The molecule has 74 valence electrons. The van der Waals surface area contributed by atoms with Crippen molar-refractivity contribution in [2.45, 2.75) is 0 Å². The van der Waals surface area contributed by atoms with Crippen molar-refractivity contribution >= 4 is 33.1 Å². The van der Waals surface area contributed by atoms with E-state index in [2.05, 4.69) is 10.3 Å². The standard InChI is InChI=1S/C11H8N2OS/c1-2-11(15-5-1)13-8-3-4-9-10(6-8)14-7-12-9/h1-7,13H. The molecule has 0 radical (unpaired) electrons. The van der Waals surface area contributed by atoms with Crippen molar-refractivity contribution in [3.8, 4) is 0 Å². The average Bonchev–Trinajstić information content (AvgIpc) is 2.87. The molecular weight excluding hydrogens is 208 g/mol. The Morgan fingerprint density at radius 2 is 2.27 bits per heavy atom. The molecule has 2 heterocycles. The fraction of sp³-hybridized carbons (Fsp3) is 0. The van der Waals surface area contributed by atoms with Gasteiger partial charge in [0.25, 0.3) is 0 Å². The summed E-state index contributed by atoms with van der Waals surface area (Å²) in [7, 11) is 0. The van der Waals surface area contributed by atoms with Crippen molar-refractivity contribution in [2.75, 3.05) is 5.32 Å². The van der Waals surface area contributed by atoms with Crippen LogP contribution < -0.4 is 5.32 Å². The van der Waals surface area contributed by atoms with Crippen LogP contribution in [0, 0.1) is 0 Å². The lowest BCUT2D eigenvalue weighted by Gasteiger charge is -2.01. The molecule has 0 aliphatic heterocycles. The van der Waals surface area contributed by atoms with Gasteiger partial charge in [0.05, 0.1) is 5.00 Å². The van der Waals surface area contributed by atoms with Gasteiger partial charge in [0.2, 0.25) is 0 Å². The smallest absolute Gasteiger partial charge is 0.181 e. The number of hydrogen-bond acceptors (Lipinski definition) is 4. The molecule has 15 heavy (non-hydrogen) atoms. The quantitative estimate of drug-likeness (QED) is 0.710. The van der Waals surface area contributed by atoms with Crippen LogP contribution >= 0.6 is 11.3 Å². The number of aromatic nitrogens is 1. The van der Waals surface area contributed by atoms with E-state index < -0.39 is 0 Å². The van der Waals surface area contributed by atoms with E-state index in [9.17, 15) is 0 Å². The molecule has 0 unspecified atom stereocenters. The van der Waals surface area contributed by atoms with Gasteiger partial charge < -0.3 is 9.73 Å². The van der Waals surface area contributed by atoms with Crippen molar-refractivity contribution in [3.05, 3.63) is 42.1 Å². The highest BCUT2D eigenvalue weighted by atomic mass is 32.1. The maximum absolute atomic E-state index is 5.23. The van der Waals surface area contributed by atoms with Crippen molar-refractivity contribution in [3.63, 3.8) is 0 Å². The second-order valence-corrected chi connectivity index (χ2v) is 4.08. The summed E-state index contributed by atoms with van der Waals surface area (Å²) in [5.74, 6) is 0. The van der Waals surface area contributed by atoms with Crippen LogP contribution in [0.25, 0.3) is 11.1 Å². The highest BCUT2D eigenvalue weighted by Gasteiger charge is 2.00. The lowest BCUT2D eigenvalue weighted by molar-refractivity contribution is 0.602. The first-order valence-corrected chi connectivity index (χ1v) is 5.43. The van der Waals surface area contributed by atoms with Gasteiger partial charge in [-0.1, -0.05) is 0 Å². The summed E-state index contributed by atoms with van der Waals surface area (Å²) in [6.45, 7) is 0. The summed E-state index contributed by atoms with van der Waals surface area (Å²) in [5, 5.41) is 6.45. The van der Waals surface area contributed by atoms with E-state index in [1.165, 1.54) is 6.39 Å². The molecule has 2 aromatic heterocycles. The lowest BCUT2D eigenvalue weighted by Crippen LogP contribution is -1.85. The van der Waals surface area contributed by atoms with Crippen LogP contribution in [-0.4, -0.2) is 4.98 Å². The molecule has 3 rings (SSSR count). The SMILES string of the molecule is c1csc(Nc2ccc3ncoc3c2)c1. The second-order valence-electron chi connectivity index (χ2n) is 3.14. The van der Waals surface area contributed by atoms with E-state index in [4.69, 9.17) is 4.42 Å². The Labute approximate surface area is 90.4 Å². The van der Waals surface area contributed by atoms with Crippen molar-refractivity contribution in [1.82, 2.24) is 4.98 Å². The van der Waals surface area contributed by atoms with Crippen LogP contribution in [0.1, 0.15) is 0 Å². The van der Waals surface area contributed by atoms with Gasteiger partial charge in [-0.25, -0.2) is 4.98 Å². The lowest BCUT2D eigenvalue weighted by atomic mass is 10.3. The third-order valence-electron chi connectivity index (χ3n) is 2.12. The first-order chi connectivity index (χ1) is 7.42. The molecule has 0 aliphatic carbocycles. The molecule has 0 fully saturated rings. The number of fused-ring (bicyclic) bond motifs is 1. The highest BCUT2D eigenvalue weighted by molar-refractivity contribution is 7.14. The van der Waals surface area contributed by atoms with Crippen molar-refractivity contribution < 1.29 is 4.42 Å². The average molecular weight is 216 g/mol. The van der Waals surface area contributed by atoms with E-state index in [0.717, 1.165) is 21.8 Å². The zero-order chi connectivity index (χ0) is 10.1. The minimum absolute atomic E-state index is 0.802. The van der Waals surface area contributed by atoms with Gasteiger partial charge in [-0.3, -0.25) is 0 Å². The van der Waals surface area contributed by atoms with Gasteiger partial charge >= 0.3 is 0 Å². The summed E-state index contributed by atoms with van der Waals surface area (Å²) >= 11 is 1.67. The number of nitrogens with one attached hydrogen (secondary N) is 1. The van der Waals surface area contributed by atoms with Crippen LogP contribution in [0.15, 0.2) is 46.5 Å². The molecule has 0 aliphatic rings. The summed E-state index contributed by atoms with van der Waals surface area (Å²) in [6.07, 6.45) is 1.46. The Bertz CT molecular complexity index is 571. The first kappa shape index (κ1) is 8.49. The fourth-order valence-electron chi connectivity index (χ4n) is 1.42. The summed E-state index contributed by atoms with van der Waals surface area (Å²) < 4.78 is 5.23. The zero-order valence-corrected chi connectivity index (χ0v) is 8.62. The number of oxazole rings is 1. The topological polar surface area (TPSA) is 38.1 Å². The number of thiophene rings is 1. The largest absolute Gasteiger partial charge is 0.443 e. The van der Waals surface area contributed by atoms with Gasteiger partial charge in [0, 0.05) is 11.8 Å². The van der Waals surface area contributed by atoms with E-state index in [0.29, 0.717) is 0 Å². The van der Waals surface area contributed by atoms with E-state index in [-0.39, 0.29) is 0 Å². The minimum atomic E-state index is 0.802. The summed E-state index contributed by atoms with van der Waals surface area (Å²) in [5.41, 5.74) is 2.70. The van der Waals surface area contributed by atoms with E-state index in [1.807, 2.05) is 35.7 Å². The predicted octanol–water partition coefficient (Wildman–Crippen LogP) is 3.63. The Morgan fingerprint density at radius 1 is 1.27 bits per heavy atom. The number of benzene rings is 1. The van der Waals surface area contributed by atoms with Crippen LogP contribution in [0.5, 0.6) is 0 Å². The molecule has 4 heteroatoms. The van der Waals surface area contributed by atoms with Crippen LogP contribution in [0.4, 0.5) is 10.7 Å². The molecular formula is C11H8N2OS. The number of rotatable bonds is 2. The highest BCUT2D eigenvalue weighted by Crippen LogP contribution is 2.24. The van der Waals surface area contributed by atoms with Gasteiger partial charge in [0.1, 0.15) is 5.52 Å². The van der Waals surface area contributed by atoms with Gasteiger partial charge in [-0.15, -0.1) is 11.3 Å². The molecule has 0 spiro atoms. The van der Waals surface area contributed by atoms with E-state index >= 15 is 0 Å². The molecule has 0 saturated heterocycles. The van der Waals surface area contributed by atoms with Gasteiger partial charge in [0.15, 0.2) is 12.0 Å². The first-order valence-electron chi connectivity index (χ1n) is 4.55. The number of hydrogen-bond donors (Lipinski definition) is 1. The maximum atomic E-state index is 5.23.